The molecule has 0 fully saturated rings. The molecule has 0 unspecified atom stereocenters. The molecule has 0 saturated carbocycles. The van der Waals surface area contributed by atoms with Gasteiger partial charge in [0.15, 0.2) is 0 Å². The summed E-state index contributed by atoms with van der Waals surface area (Å²) in [5.74, 6) is -0.547. The lowest BCUT2D eigenvalue weighted by molar-refractivity contribution is -0.120. The van der Waals surface area contributed by atoms with Crippen molar-refractivity contribution >= 4 is 23.1 Å². The van der Waals surface area contributed by atoms with E-state index in [1.165, 1.54) is 4.90 Å². The fraction of sp³-hybridized carbons (Fsp3) is 0.222. The highest BCUT2D eigenvalue weighted by atomic mass is 16.2. The molecule has 5 nitrogen and oxygen atoms in total. The van der Waals surface area contributed by atoms with Crippen LogP contribution in [-0.4, -0.2) is 34.8 Å². The fourth-order valence-corrected chi connectivity index (χ4v) is 4.04. The van der Waals surface area contributed by atoms with Gasteiger partial charge in [-0.2, -0.15) is 0 Å². The monoisotopic (exact) mass is 425 g/mol. The van der Waals surface area contributed by atoms with Crippen molar-refractivity contribution in [3.63, 3.8) is 0 Å². The largest absolute Gasteiger partial charge is 0.366 e. The van der Waals surface area contributed by atoms with Gasteiger partial charge in [-0.1, -0.05) is 42.0 Å². The number of likely N-dealkylation sites (N-methyl/N-ethyl adjacent to an activating group) is 1. The van der Waals surface area contributed by atoms with E-state index >= 15 is 0 Å². The molecule has 4 rings (SSSR count). The first-order chi connectivity index (χ1) is 15.5. The maximum Gasteiger partial charge on any atom is 0.282 e. The minimum Gasteiger partial charge on any atom is -0.366 e. The summed E-state index contributed by atoms with van der Waals surface area (Å²) in [5.41, 5.74) is 5.55. The third kappa shape index (κ3) is 4.19. The van der Waals surface area contributed by atoms with Crippen molar-refractivity contribution in [1.29, 1.82) is 0 Å². The molecule has 5 heteroatoms. The van der Waals surface area contributed by atoms with Crippen molar-refractivity contribution < 1.29 is 9.59 Å². The molecule has 0 saturated heterocycles. The van der Waals surface area contributed by atoms with Crippen LogP contribution in [0.15, 0.2) is 78.8 Å². The molecule has 0 N–H and O–H groups in total. The highest BCUT2D eigenvalue weighted by Crippen LogP contribution is 2.35. The SMILES string of the molecule is CCN(CCc1ccncc1)C1=C(c2ccc(C)cc2)C(=O)N(c2cccc(C)c2)C1=O. The second kappa shape index (κ2) is 9.18. The Balaban J connectivity index is 1.76. The van der Waals surface area contributed by atoms with E-state index in [-0.39, 0.29) is 11.8 Å². The molecule has 2 aromatic carbocycles. The van der Waals surface area contributed by atoms with E-state index in [1.54, 1.807) is 12.4 Å². The lowest BCUT2D eigenvalue weighted by Crippen LogP contribution is -2.36. The quantitative estimate of drug-likeness (QED) is 0.521. The molecule has 2 amide bonds. The van der Waals surface area contributed by atoms with Crippen LogP contribution in [0, 0.1) is 13.8 Å². The summed E-state index contributed by atoms with van der Waals surface area (Å²) in [5, 5.41) is 0. The number of aryl methyl sites for hydroxylation is 2. The molecule has 0 radical (unpaired) electrons. The number of carbonyl (C=O) groups excluding carboxylic acids is 2. The number of imide groups is 1. The molecular weight excluding hydrogens is 398 g/mol. The van der Waals surface area contributed by atoms with Crippen LogP contribution in [0.4, 0.5) is 5.69 Å². The summed E-state index contributed by atoms with van der Waals surface area (Å²) in [6.45, 7) is 7.23. The number of rotatable bonds is 7. The summed E-state index contributed by atoms with van der Waals surface area (Å²) in [4.78, 5) is 34.7. The maximum absolute atomic E-state index is 13.7. The number of nitrogens with zero attached hydrogens (tertiary/aromatic N) is 3. The number of aromatic nitrogens is 1. The molecule has 2 heterocycles. The molecule has 1 aromatic heterocycles. The number of anilines is 1. The molecule has 0 spiro atoms. The second-order valence-electron chi connectivity index (χ2n) is 8.06. The van der Waals surface area contributed by atoms with Crippen LogP contribution in [0.5, 0.6) is 0 Å². The summed E-state index contributed by atoms with van der Waals surface area (Å²) in [7, 11) is 0. The van der Waals surface area contributed by atoms with Crippen molar-refractivity contribution in [2.75, 3.05) is 18.0 Å². The van der Waals surface area contributed by atoms with Crippen LogP contribution in [0.3, 0.4) is 0 Å². The lowest BCUT2D eigenvalue weighted by atomic mass is 10.0. The number of amides is 2. The molecule has 0 aliphatic carbocycles. The Labute approximate surface area is 189 Å². The predicted molar refractivity (Wildman–Crippen MR) is 127 cm³/mol. The minimum atomic E-state index is -0.276. The van der Waals surface area contributed by atoms with Crippen LogP contribution < -0.4 is 4.90 Å². The van der Waals surface area contributed by atoms with Gasteiger partial charge in [0.2, 0.25) is 0 Å². The highest BCUT2D eigenvalue weighted by Gasteiger charge is 2.42. The van der Waals surface area contributed by atoms with Gasteiger partial charge in [-0.15, -0.1) is 0 Å². The van der Waals surface area contributed by atoms with E-state index in [1.807, 2.05) is 86.3 Å². The van der Waals surface area contributed by atoms with E-state index < -0.39 is 0 Å². The zero-order valence-corrected chi connectivity index (χ0v) is 18.7. The van der Waals surface area contributed by atoms with E-state index in [0.717, 1.165) is 28.7 Å². The summed E-state index contributed by atoms with van der Waals surface area (Å²) in [6, 6.07) is 19.3. The normalized spacial score (nSPS) is 13.8. The Hall–Kier alpha value is -3.73. The number of hydrogen-bond donors (Lipinski definition) is 0. The summed E-state index contributed by atoms with van der Waals surface area (Å²) >= 11 is 0. The topological polar surface area (TPSA) is 53.5 Å². The molecule has 162 valence electrons. The Morgan fingerprint density at radius 1 is 0.875 bits per heavy atom. The first-order valence-corrected chi connectivity index (χ1v) is 10.9. The van der Waals surface area contributed by atoms with Crippen molar-refractivity contribution in [2.24, 2.45) is 0 Å². The molecule has 1 aliphatic rings. The zero-order valence-electron chi connectivity index (χ0n) is 18.7. The molecule has 0 bridgehead atoms. The Kier molecular flexibility index (Phi) is 6.17. The van der Waals surface area contributed by atoms with Gasteiger partial charge >= 0.3 is 0 Å². The lowest BCUT2D eigenvalue weighted by Gasteiger charge is -2.25. The summed E-state index contributed by atoms with van der Waals surface area (Å²) in [6.07, 6.45) is 4.30. The average Bonchev–Trinajstić information content (AvgIpc) is 3.06. The number of benzene rings is 2. The number of hydrogen-bond acceptors (Lipinski definition) is 4. The van der Waals surface area contributed by atoms with Crippen LogP contribution >= 0.6 is 0 Å². The third-order valence-corrected chi connectivity index (χ3v) is 5.78. The van der Waals surface area contributed by atoms with Crippen molar-refractivity contribution in [1.82, 2.24) is 9.88 Å². The highest BCUT2D eigenvalue weighted by molar-refractivity contribution is 6.45. The van der Waals surface area contributed by atoms with Gasteiger partial charge < -0.3 is 4.90 Å². The first-order valence-electron chi connectivity index (χ1n) is 10.9. The van der Waals surface area contributed by atoms with Crippen molar-refractivity contribution in [3.8, 4) is 0 Å². The van der Waals surface area contributed by atoms with Crippen LogP contribution in [0.25, 0.3) is 5.57 Å². The Bertz CT molecular complexity index is 1170. The molecule has 0 atom stereocenters. The Morgan fingerprint density at radius 2 is 1.59 bits per heavy atom. The maximum atomic E-state index is 13.7. The van der Waals surface area contributed by atoms with Gasteiger partial charge in [0.05, 0.1) is 11.3 Å². The van der Waals surface area contributed by atoms with Crippen LogP contribution in [0.1, 0.15) is 29.2 Å². The Morgan fingerprint density at radius 3 is 2.25 bits per heavy atom. The predicted octanol–water partition coefficient (Wildman–Crippen LogP) is 4.55. The van der Waals surface area contributed by atoms with Gasteiger partial charge in [0.25, 0.3) is 11.8 Å². The number of pyridine rings is 1. The van der Waals surface area contributed by atoms with Gasteiger partial charge in [-0.05, 0) is 68.1 Å². The number of carbonyl (C=O) groups is 2. The standard InChI is InChI=1S/C27H27N3O2/c1-4-29(17-14-21-12-15-28-16-13-21)25-24(22-10-8-19(2)9-11-22)26(31)30(27(25)32)23-7-5-6-20(3)18-23/h5-13,15-16,18H,4,14,17H2,1-3H3. The van der Waals surface area contributed by atoms with Gasteiger partial charge in [0.1, 0.15) is 5.70 Å². The van der Waals surface area contributed by atoms with E-state index in [4.69, 9.17) is 0 Å². The van der Waals surface area contributed by atoms with Gasteiger partial charge in [-0.3, -0.25) is 14.6 Å². The zero-order chi connectivity index (χ0) is 22.7. The van der Waals surface area contributed by atoms with Crippen molar-refractivity contribution in [2.45, 2.75) is 27.2 Å². The molecule has 3 aromatic rings. The molecule has 1 aliphatic heterocycles. The molecular formula is C27H27N3O2. The fourth-order valence-electron chi connectivity index (χ4n) is 4.04. The van der Waals surface area contributed by atoms with Crippen LogP contribution in [-0.2, 0) is 16.0 Å². The first kappa shape index (κ1) is 21.5. The molecule has 32 heavy (non-hydrogen) atoms. The van der Waals surface area contributed by atoms with Crippen LogP contribution in [0.2, 0.25) is 0 Å². The smallest absolute Gasteiger partial charge is 0.282 e. The van der Waals surface area contributed by atoms with Gasteiger partial charge in [-0.25, -0.2) is 4.90 Å². The third-order valence-electron chi connectivity index (χ3n) is 5.78. The van der Waals surface area contributed by atoms with E-state index in [9.17, 15) is 9.59 Å². The average molecular weight is 426 g/mol. The van der Waals surface area contributed by atoms with E-state index in [0.29, 0.717) is 30.0 Å². The second-order valence-corrected chi connectivity index (χ2v) is 8.06. The van der Waals surface area contributed by atoms with E-state index in [2.05, 4.69) is 4.98 Å². The van der Waals surface area contributed by atoms with Crippen molar-refractivity contribution in [3.05, 3.63) is 101 Å². The summed E-state index contributed by atoms with van der Waals surface area (Å²) < 4.78 is 0. The minimum absolute atomic E-state index is 0.271. The van der Waals surface area contributed by atoms with Gasteiger partial charge in [0, 0.05) is 25.5 Å².